The van der Waals surface area contributed by atoms with Crippen molar-refractivity contribution in [3.05, 3.63) is 58.0 Å². The molecule has 0 aliphatic carbocycles. The number of imide groups is 1. The molecule has 3 amide bonds. The van der Waals surface area contributed by atoms with Crippen LogP contribution in [0.25, 0.3) is 6.08 Å². The number of benzene rings is 2. The summed E-state index contributed by atoms with van der Waals surface area (Å²) in [5.41, 5.74) is 1.12. The first-order valence-corrected chi connectivity index (χ1v) is 11.2. The van der Waals surface area contributed by atoms with Crippen molar-refractivity contribution >= 4 is 52.2 Å². The van der Waals surface area contributed by atoms with Gasteiger partial charge < -0.3 is 14.8 Å². The van der Waals surface area contributed by atoms with Crippen molar-refractivity contribution < 1.29 is 23.9 Å². The van der Waals surface area contributed by atoms with Crippen LogP contribution in [0, 0.1) is 0 Å². The highest BCUT2D eigenvalue weighted by molar-refractivity contribution is 8.18. The van der Waals surface area contributed by atoms with Gasteiger partial charge in [-0.15, -0.1) is 0 Å². The first-order valence-electron chi connectivity index (χ1n) is 9.96. The minimum absolute atomic E-state index is 0.00904. The molecule has 9 heteroatoms. The number of nitrogens with zero attached hydrogens (tertiary/aromatic N) is 1. The fourth-order valence-electron chi connectivity index (χ4n) is 2.87. The molecule has 2 aromatic rings. The van der Waals surface area contributed by atoms with Gasteiger partial charge >= 0.3 is 0 Å². The normalized spacial score (nSPS) is 15.8. The number of carbonyl (C=O) groups excluding carboxylic acids is 3. The van der Waals surface area contributed by atoms with Crippen molar-refractivity contribution in [2.45, 2.75) is 26.4 Å². The highest BCUT2D eigenvalue weighted by Crippen LogP contribution is 2.34. The molecule has 0 radical (unpaired) electrons. The largest absolute Gasteiger partial charge is 0.495 e. The lowest BCUT2D eigenvalue weighted by molar-refractivity contribution is -0.127. The van der Waals surface area contributed by atoms with E-state index in [0.29, 0.717) is 27.8 Å². The van der Waals surface area contributed by atoms with Gasteiger partial charge in [0.05, 0.1) is 23.1 Å². The number of nitrogens with one attached hydrogen (secondary N) is 1. The van der Waals surface area contributed by atoms with Crippen molar-refractivity contribution in [1.82, 2.24) is 4.90 Å². The van der Waals surface area contributed by atoms with Gasteiger partial charge in [0.25, 0.3) is 11.1 Å². The molecule has 2 aromatic carbocycles. The maximum absolute atomic E-state index is 12.8. The Hall–Kier alpha value is -2.97. The highest BCUT2D eigenvalue weighted by atomic mass is 35.5. The molecule has 0 spiro atoms. The average molecular weight is 475 g/mol. The number of amides is 3. The number of methoxy groups -OCH3 is 1. The summed E-state index contributed by atoms with van der Waals surface area (Å²) < 4.78 is 11.0. The van der Waals surface area contributed by atoms with E-state index in [4.69, 9.17) is 21.1 Å². The van der Waals surface area contributed by atoms with Crippen LogP contribution in [-0.4, -0.2) is 41.7 Å². The van der Waals surface area contributed by atoms with E-state index in [9.17, 15) is 14.4 Å². The molecule has 1 N–H and O–H groups in total. The maximum Gasteiger partial charge on any atom is 0.294 e. The third kappa shape index (κ3) is 5.63. The van der Waals surface area contributed by atoms with E-state index in [1.165, 1.54) is 13.2 Å². The Labute approximate surface area is 195 Å². The number of halogens is 1. The first-order chi connectivity index (χ1) is 15.3. The molecule has 0 aromatic heterocycles. The Bertz CT molecular complexity index is 1070. The lowest BCUT2D eigenvalue weighted by Crippen LogP contribution is -2.36. The fourth-order valence-corrected chi connectivity index (χ4v) is 3.96. The lowest BCUT2D eigenvalue weighted by Gasteiger charge is -2.15. The standard InChI is InChI=1S/C23H23ClN2O5S/c1-4-14(2)31-18-8-6-5-7-15(18)11-20-22(28)26(23(29)32-20)13-21(27)25-16-9-10-19(30-3)17(24)12-16/h5-12,14H,4,13H2,1-3H3,(H,25,27)/b20-11+/t14-/m1/s1. The Morgan fingerprint density at radius 3 is 2.66 bits per heavy atom. The quantitative estimate of drug-likeness (QED) is 0.529. The molecule has 168 valence electrons. The third-order valence-electron chi connectivity index (χ3n) is 4.72. The van der Waals surface area contributed by atoms with E-state index in [1.54, 1.807) is 18.2 Å². The molecule has 1 atom stereocenters. The predicted molar refractivity (Wildman–Crippen MR) is 126 cm³/mol. The second-order valence-electron chi connectivity index (χ2n) is 7.04. The van der Waals surface area contributed by atoms with Crippen molar-refractivity contribution in [1.29, 1.82) is 0 Å². The number of hydrogen-bond acceptors (Lipinski definition) is 6. The molecule has 0 saturated carbocycles. The summed E-state index contributed by atoms with van der Waals surface area (Å²) in [6.07, 6.45) is 2.46. The van der Waals surface area contributed by atoms with Gasteiger partial charge in [0.2, 0.25) is 5.91 Å². The van der Waals surface area contributed by atoms with Crippen LogP contribution in [0.2, 0.25) is 5.02 Å². The van der Waals surface area contributed by atoms with Crippen LogP contribution in [0.15, 0.2) is 47.4 Å². The number of rotatable bonds is 8. The van der Waals surface area contributed by atoms with Crippen LogP contribution in [0.4, 0.5) is 10.5 Å². The molecule has 1 fully saturated rings. The van der Waals surface area contributed by atoms with Gasteiger partial charge in [-0.3, -0.25) is 19.3 Å². The Kier molecular flexibility index (Phi) is 7.82. The molecule has 0 bridgehead atoms. The Balaban J connectivity index is 1.71. The highest BCUT2D eigenvalue weighted by Gasteiger charge is 2.36. The van der Waals surface area contributed by atoms with Gasteiger partial charge in [-0.2, -0.15) is 0 Å². The van der Waals surface area contributed by atoms with Crippen LogP contribution in [0.5, 0.6) is 11.5 Å². The van der Waals surface area contributed by atoms with Crippen molar-refractivity contribution in [3.8, 4) is 11.5 Å². The summed E-state index contributed by atoms with van der Waals surface area (Å²) in [5.74, 6) is 0.0534. The van der Waals surface area contributed by atoms with E-state index in [-0.39, 0.29) is 11.0 Å². The monoisotopic (exact) mass is 474 g/mol. The summed E-state index contributed by atoms with van der Waals surface area (Å²) in [7, 11) is 1.49. The van der Waals surface area contributed by atoms with E-state index < -0.39 is 23.6 Å². The van der Waals surface area contributed by atoms with Crippen molar-refractivity contribution in [2.75, 3.05) is 19.0 Å². The lowest BCUT2D eigenvalue weighted by atomic mass is 10.1. The maximum atomic E-state index is 12.8. The van der Waals surface area contributed by atoms with Crippen molar-refractivity contribution in [3.63, 3.8) is 0 Å². The molecule has 0 unspecified atom stereocenters. The van der Waals surface area contributed by atoms with Crippen LogP contribution in [0.3, 0.4) is 0 Å². The number of thioether (sulfide) groups is 1. The minimum Gasteiger partial charge on any atom is -0.495 e. The minimum atomic E-state index is -0.527. The third-order valence-corrected chi connectivity index (χ3v) is 5.92. The zero-order chi connectivity index (χ0) is 23.3. The van der Waals surface area contributed by atoms with Gasteiger partial charge in [-0.1, -0.05) is 36.7 Å². The number of para-hydroxylation sites is 1. The molecule has 1 heterocycles. The average Bonchev–Trinajstić information content (AvgIpc) is 3.02. The molecule has 1 saturated heterocycles. The molecule has 1 aliphatic rings. The Morgan fingerprint density at radius 2 is 1.97 bits per heavy atom. The fraction of sp³-hybridized carbons (Fsp3) is 0.261. The van der Waals surface area contributed by atoms with Gasteiger partial charge in [0.15, 0.2) is 0 Å². The van der Waals surface area contributed by atoms with Crippen LogP contribution < -0.4 is 14.8 Å². The second kappa shape index (κ2) is 10.6. The molecule has 3 rings (SSSR count). The topological polar surface area (TPSA) is 84.9 Å². The summed E-state index contributed by atoms with van der Waals surface area (Å²) in [6, 6.07) is 12.1. The summed E-state index contributed by atoms with van der Waals surface area (Å²) in [6.45, 7) is 3.57. The van der Waals surface area contributed by atoms with Crippen LogP contribution in [-0.2, 0) is 9.59 Å². The summed E-state index contributed by atoms with van der Waals surface area (Å²) in [5, 5.41) is 2.45. The SMILES string of the molecule is CC[C@@H](C)Oc1ccccc1/C=C1/SC(=O)N(CC(=O)Nc2ccc(OC)c(Cl)c2)C1=O. The summed E-state index contributed by atoms with van der Waals surface area (Å²) in [4.78, 5) is 38.8. The van der Waals surface area contributed by atoms with Crippen LogP contribution in [0.1, 0.15) is 25.8 Å². The zero-order valence-corrected chi connectivity index (χ0v) is 19.5. The van der Waals surface area contributed by atoms with Gasteiger partial charge in [0, 0.05) is 11.3 Å². The Morgan fingerprint density at radius 1 is 1.22 bits per heavy atom. The van der Waals surface area contributed by atoms with E-state index >= 15 is 0 Å². The smallest absolute Gasteiger partial charge is 0.294 e. The predicted octanol–water partition coefficient (Wildman–Crippen LogP) is 5.20. The van der Waals surface area contributed by atoms with Gasteiger partial charge in [-0.25, -0.2) is 0 Å². The van der Waals surface area contributed by atoms with Gasteiger partial charge in [0.1, 0.15) is 18.0 Å². The molecule has 7 nitrogen and oxygen atoms in total. The summed E-state index contributed by atoms with van der Waals surface area (Å²) >= 11 is 6.85. The molecule has 32 heavy (non-hydrogen) atoms. The zero-order valence-electron chi connectivity index (χ0n) is 17.9. The van der Waals surface area contributed by atoms with Crippen LogP contribution >= 0.6 is 23.4 Å². The van der Waals surface area contributed by atoms with E-state index in [0.717, 1.165) is 23.1 Å². The number of carbonyl (C=O) groups is 3. The van der Waals surface area contributed by atoms with Gasteiger partial charge in [-0.05, 0) is 55.4 Å². The van der Waals surface area contributed by atoms with E-state index in [2.05, 4.69) is 5.32 Å². The molecule has 1 aliphatic heterocycles. The van der Waals surface area contributed by atoms with Crippen molar-refractivity contribution in [2.24, 2.45) is 0 Å². The number of hydrogen-bond donors (Lipinski definition) is 1. The van der Waals surface area contributed by atoms with E-state index in [1.807, 2.05) is 38.1 Å². The molecular weight excluding hydrogens is 452 g/mol. The number of ether oxygens (including phenoxy) is 2. The second-order valence-corrected chi connectivity index (χ2v) is 8.44. The number of anilines is 1. The molecular formula is C23H23ClN2O5S. The first kappa shape index (κ1) is 23.7.